The molecule has 0 aliphatic heterocycles. The summed E-state index contributed by atoms with van der Waals surface area (Å²) in [5, 5.41) is 3.81. The van der Waals surface area contributed by atoms with Gasteiger partial charge >= 0.3 is 0 Å². The van der Waals surface area contributed by atoms with Crippen LogP contribution >= 0.6 is 11.3 Å². The van der Waals surface area contributed by atoms with Crippen LogP contribution in [-0.2, 0) is 0 Å². The molecule has 0 saturated carbocycles. The molecule has 0 aliphatic rings. The quantitative estimate of drug-likeness (QED) is 0.696. The van der Waals surface area contributed by atoms with Crippen LogP contribution in [0.4, 0.5) is 0 Å². The first-order chi connectivity index (χ1) is 13.0. The Morgan fingerprint density at radius 2 is 1.96 bits per heavy atom. The number of thiazole rings is 1. The Labute approximate surface area is 162 Å². The highest BCUT2D eigenvalue weighted by Gasteiger charge is 2.19. The van der Waals surface area contributed by atoms with Crippen LogP contribution in [-0.4, -0.2) is 30.1 Å². The Kier molecular flexibility index (Phi) is 5.71. The zero-order valence-electron chi connectivity index (χ0n) is 15.6. The zero-order chi connectivity index (χ0) is 19.4. The average molecular weight is 383 g/mol. The summed E-state index contributed by atoms with van der Waals surface area (Å²) in [7, 11) is 3.18. The first kappa shape index (κ1) is 18.8. The van der Waals surface area contributed by atoms with Gasteiger partial charge in [0.25, 0.3) is 5.91 Å². The molecule has 1 atom stereocenters. The van der Waals surface area contributed by atoms with Crippen molar-refractivity contribution in [3.8, 4) is 22.1 Å². The number of methoxy groups -OCH3 is 2. The van der Waals surface area contributed by atoms with Gasteiger partial charge in [-0.05, 0) is 43.7 Å². The van der Waals surface area contributed by atoms with Gasteiger partial charge in [0, 0.05) is 18.0 Å². The summed E-state index contributed by atoms with van der Waals surface area (Å²) in [6, 6.07) is 9.19. The molecule has 7 heteroatoms. The molecule has 1 unspecified atom stereocenters. The molecule has 27 heavy (non-hydrogen) atoms. The molecule has 0 radical (unpaired) electrons. The van der Waals surface area contributed by atoms with E-state index in [2.05, 4.69) is 15.3 Å². The number of pyridine rings is 1. The highest BCUT2D eigenvalue weighted by Crippen LogP contribution is 2.31. The number of rotatable bonds is 6. The zero-order valence-corrected chi connectivity index (χ0v) is 16.5. The largest absolute Gasteiger partial charge is 0.493 e. The fourth-order valence-corrected chi connectivity index (χ4v) is 3.65. The number of carbonyl (C=O) groups excluding carboxylic acids is 1. The summed E-state index contributed by atoms with van der Waals surface area (Å²) < 4.78 is 10.6. The number of nitrogens with zero attached hydrogens (tertiary/aromatic N) is 2. The molecule has 140 valence electrons. The number of aryl methyl sites for hydroxylation is 1. The van der Waals surface area contributed by atoms with Crippen molar-refractivity contribution >= 4 is 17.2 Å². The third-order valence-electron chi connectivity index (χ3n) is 4.17. The summed E-state index contributed by atoms with van der Waals surface area (Å²) in [4.78, 5) is 22.0. The number of amides is 1. The lowest BCUT2D eigenvalue weighted by molar-refractivity contribution is 0.0943. The highest BCUT2D eigenvalue weighted by molar-refractivity contribution is 7.17. The molecule has 3 rings (SSSR count). The lowest BCUT2D eigenvalue weighted by atomic mass is 10.1. The molecular formula is C20H21N3O3S. The minimum absolute atomic E-state index is 0.151. The normalized spacial score (nSPS) is 11.7. The van der Waals surface area contributed by atoms with Crippen molar-refractivity contribution in [3.05, 3.63) is 58.9 Å². The molecule has 6 nitrogen and oxygen atoms in total. The van der Waals surface area contributed by atoms with Crippen molar-refractivity contribution in [2.24, 2.45) is 0 Å². The Morgan fingerprint density at radius 1 is 1.19 bits per heavy atom. The van der Waals surface area contributed by atoms with E-state index in [9.17, 15) is 4.79 Å². The van der Waals surface area contributed by atoms with E-state index in [0.717, 1.165) is 16.1 Å². The van der Waals surface area contributed by atoms with Crippen LogP contribution in [0.5, 0.6) is 11.5 Å². The third-order valence-corrected chi connectivity index (χ3v) is 5.37. The number of nitrogens with one attached hydrogen (secondary N) is 1. The Bertz CT molecular complexity index is 941. The van der Waals surface area contributed by atoms with Gasteiger partial charge in [0.05, 0.1) is 26.0 Å². The molecule has 0 fully saturated rings. The minimum Gasteiger partial charge on any atom is -0.493 e. The molecule has 0 bridgehead atoms. The Balaban J connectivity index is 1.78. The molecule has 2 aromatic heterocycles. The van der Waals surface area contributed by atoms with Crippen molar-refractivity contribution in [1.29, 1.82) is 0 Å². The van der Waals surface area contributed by atoms with Crippen molar-refractivity contribution < 1.29 is 14.3 Å². The topological polar surface area (TPSA) is 73.3 Å². The molecule has 1 N–H and O–H groups in total. The van der Waals surface area contributed by atoms with Crippen LogP contribution in [0.2, 0.25) is 0 Å². The number of ether oxygens (including phenoxy) is 2. The second kappa shape index (κ2) is 8.18. The lowest BCUT2D eigenvalue weighted by Crippen LogP contribution is -2.26. The maximum Gasteiger partial charge on any atom is 0.263 e. The van der Waals surface area contributed by atoms with Gasteiger partial charge in [-0.3, -0.25) is 9.78 Å². The van der Waals surface area contributed by atoms with Gasteiger partial charge in [0.15, 0.2) is 11.5 Å². The maximum atomic E-state index is 12.8. The predicted octanol–water partition coefficient (Wildman–Crippen LogP) is 4.02. The number of aromatic nitrogens is 2. The first-order valence-electron chi connectivity index (χ1n) is 8.44. The first-order valence-corrected chi connectivity index (χ1v) is 9.25. The van der Waals surface area contributed by atoms with Crippen LogP contribution in [0.1, 0.15) is 33.9 Å². The summed E-state index contributed by atoms with van der Waals surface area (Å²) >= 11 is 1.36. The van der Waals surface area contributed by atoms with Crippen LogP contribution in [0.15, 0.2) is 42.7 Å². The van der Waals surface area contributed by atoms with Gasteiger partial charge in [-0.25, -0.2) is 4.98 Å². The molecular weight excluding hydrogens is 362 g/mol. The van der Waals surface area contributed by atoms with Crippen molar-refractivity contribution in [2.75, 3.05) is 14.2 Å². The van der Waals surface area contributed by atoms with Gasteiger partial charge < -0.3 is 14.8 Å². The second-order valence-electron chi connectivity index (χ2n) is 5.98. The highest BCUT2D eigenvalue weighted by atomic mass is 32.1. The van der Waals surface area contributed by atoms with Crippen LogP contribution in [0, 0.1) is 6.92 Å². The van der Waals surface area contributed by atoms with Crippen molar-refractivity contribution in [1.82, 2.24) is 15.3 Å². The summed E-state index contributed by atoms with van der Waals surface area (Å²) in [6.45, 7) is 3.77. The maximum absolute atomic E-state index is 12.8. The molecule has 1 amide bonds. The molecule has 0 saturated heterocycles. The van der Waals surface area contributed by atoms with E-state index in [-0.39, 0.29) is 11.9 Å². The number of carbonyl (C=O) groups is 1. The van der Waals surface area contributed by atoms with E-state index in [0.29, 0.717) is 22.1 Å². The predicted molar refractivity (Wildman–Crippen MR) is 106 cm³/mol. The third kappa shape index (κ3) is 4.09. The summed E-state index contributed by atoms with van der Waals surface area (Å²) in [5.74, 6) is 1.13. The van der Waals surface area contributed by atoms with Crippen molar-refractivity contribution in [3.63, 3.8) is 0 Å². The van der Waals surface area contributed by atoms with Crippen LogP contribution < -0.4 is 14.8 Å². The molecule has 0 aliphatic carbocycles. The van der Waals surface area contributed by atoms with Crippen LogP contribution in [0.25, 0.3) is 10.6 Å². The Hall–Kier alpha value is -2.93. The molecule has 2 heterocycles. The van der Waals surface area contributed by atoms with Gasteiger partial charge in [0.1, 0.15) is 9.88 Å². The second-order valence-corrected chi connectivity index (χ2v) is 6.98. The van der Waals surface area contributed by atoms with E-state index in [1.165, 1.54) is 11.3 Å². The lowest BCUT2D eigenvalue weighted by Gasteiger charge is -2.16. The van der Waals surface area contributed by atoms with Gasteiger partial charge in [-0.15, -0.1) is 11.3 Å². The summed E-state index contributed by atoms with van der Waals surface area (Å²) in [6.07, 6.45) is 3.45. The number of benzene rings is 1. The SMILES string of the molecule is COc1ccc(C(C)NC(=O)c2sc(-c3cccnc3)nc2C)cc1OC. The van der Waals surface area contributed by atoms with Gasteiger partial charge in [-0.1, -0.05) is 6.07 Å². The van der Waals surface area contributed by atoms with Gasteiger partial charge in [-0.2, -0.15) is 0 Å². The average Bonchev–Trinajstić information content (AvgIpc) is 3.09. The van der Waals surface area contributed by atoms with E-state index < -0.39 is 0 Å². The van der Waals surface area contributed by atoms with E-state index >= 15 is 0 Å². The van der Waals surface area contributed by atoms with E-state index in [4.69, 9.17) is 9.47 Å². The standard InChI is InChI=1S/C20H21N3O3S/c1-12(14-7-8-16(25-3)17(10-14)26-4)22-19(24)18-13(2)23-20(27-18)15-6-5-9-21-11-15/h5-12H,1-4H3,(H,22,24). The molecule has 0 spiro atoms. The van der Waals surface area contributed by atoms with E-state index in [1.54, 1.807) is 26.6 Å². The van der Waals surface area contributed by atoms with Crippen molar-refractivity contribution in [2.45, 2.75) is 19.9 Å². The number of hydrogen-bond acceptors (Lipinski definition) is 6. The smallest absolute Gasteiger partial charge is 0.263 e. The fourth-order valence-electron chi connectivity index (χ4n) is 2.69. The summed E-state index contributed by atoms with van der Waals surface area (Å²) in [5.41, 5.74) is 2.53. The molecule has 1 aromatic carbocycles. The van der Waals surface area contributed by atoms with Crippen LogP contribution in [0.3, 0.4) is 0 Å². The molecule has 3 aromatic rings. The van der Waals surface area contributed by atoms with E-state index in [1.807, 2.05) is 44.2 Å². The Morgan fingerprint density at radius 3 is 2.63 bits per heavy atom. The fraction of sp³-hybridized carbons (Fsp3) is 0.250. The minimum atomic E-state index is -0.194. The monoisotopic (exact) mass is 383 g/mol. The van der Waals surface area contributed by atoms with Gasteiger partial charge in [0.2, 0.25) is 0 Å². The number of hydrogen-bond donors (Lipinski definition) is 1.